The van der Waals surface area contributed by atoms with Crippen molar-refractivity contribution in [2.75, 3.05) is 0 Å². The molecule has 0 aliphatic rings. The van der Waals surface area contributed by atoms with E-state index in [9.17, 15) is 0 Å². The smallest absolute Gasteiger partial charge is 0.212 e. The molecule has 9 heteroatoms. The molecule has 0 bridgehead atoms. The Morgan fingerprint density at radius 1 is 0.938 bits per heavy atom. The molecule has 4 rings (SSSR count). The fourth-order valence-corrected chi connectivity index (χ4v) is 4.40. The van der Waals surface area contributed by atoms with Crippen molar-refractivity contribution >= 4 is 52.8 Å². The molecule has 0 saturated carbocycles. The summed E-state index contributed by atoms with van der Waals surface area (Å²) < 4.78 is 7.60. The maximum Gasteiger partial charge on any atom is 0.212 e. The predicted molar refractivity (Wildman–Crippen MR) is 131 cm³/mol. The number of hydrogen-bond acceptors (Lipinski definition) is 5. The van der Waals surface area contributed by atoms with Gasteiger partial charge in [-0.3, -0.25) is 0 Å². The van der Waals surface area contributed by atoms with Gasteiger partial charge in [0.05, 0.1) is 6.21 Å². The summed E-state index contributed by atoms with van der Waals surface area (Å²) in [5, 5.41) is 15.2. The Bertz CT molecular complexity index is 1250. The summed E-state index contributed by atoms with van der Waals surface area (Å²) in [7, 11) is 0. The maximum atomic E-state index is 6.25. The van der Waals surface area contributed by atoms with Crippen molar-refractivity contribution in [1.29, 1.82) is 0 Å². The van der Waals surface area contributed by atoms with Gasteiger partial charge in [0, 0.05) is 31.9 Å². The third kappa shape index (κ3) is 5.84. The molecule has 3 aromatic carbocycles. The molecule has 0 unspecified atom stereocenters. The van der Waals surface area contributed by atoms with Crippen LogP contribution in [0.4, 0.5) is 0 Å². The van der Waals surface area contributed by atoms with Gasteiger partial charge in [0.2, 0.25) is 5.16 Å². The van der Waals surface area contributed by atoms with E-state index in [1.165, 1.54) is 11.8 Å². The first-order valence-corrected chi connectivity index (χ1v) is 11.7. The first-order valence-electron chi connectivity index (χ1n) is 9.56. The van der Waals surface area contributed by atoms with Crippen molar-refractivity contribution in [3.63, 3.8) is 0 Å². The van der Waals surface area contributed by atoms with E-state index in [2.05, 4.69) is 15.3 Å². The Morgan fingerprint density at radius 3 is 2.59 bits per heavy atom. The van der Waals surface area contributed by atoms with Crippen molar-refractivity contribution in [2.24, 2.45) is 5.10 Å². The van der Waals surface area contributed by atoms with Crippen molar-refractivity contribution in [2.45, 2.75) is 17.5 Å². The highest BCUT2D eigenvalue weighted by molar-refractivity contribution is 7.98. The Morgan fingerprint density at radius 2 is 1.75 bits per heavy atom. The average molecular weight is 504 g/mol. The quantitative estimate of drug-likeness (QED) is 0.192. The molecule has 1 heterocycles. The lowest BCUT2D eigenvalue weighted by Gasteiger charge is -2.10. The van der Waals surface area contributed by atoms with E-state index in [1.54, 1.807) is 29.4 Å². The third-order valence-electron chi connectivity index (χ3n) is 4.45. The number of hydrogen-bond donors (Lipinski definition) is 0. The molecule has 4 aromatic rings. The third-order valence-corrected chi connectivity index (χ3v) is 6.39. The van der Waals surface area contributed by atoms with Crippen LogP contribution in [-0.4, -0.2) is 21.1 Å². The highest BCUT2D eigenvalue weighted by Gasteiger charge is 2.08. The van der Waals surface area contributed by atoms with Gasteiger partial charge >= 0.3 is 0 Å². The lowest BCUT2D eigenvalue weighted by Crippen LogP contribution is -2.00. The predicted octanol–water partition coefficient (Wildman–Crippen LogP) is 6.99. The number of ether oxygens (including phenoxy) is 1. The minimum atomic E-state index is 0.312. The van der Waals surface area contributed by atoms with Crippen LogP contribution in [0.5, 0.6) is 5.75 Å². The molecule has 0 atom stereocenters. The first kappa shape index (κ1) is 22.7. The minimum absolute atomic E-state index is 0.312. The van der Waals surface area contributed by atoms with E-state index in [0.29, 0.717) is 33.3 Å². The second-order valence-corrected chi connectivity index (χ2v) is 8.84. The van der Waals surface area contributed by atoms with Crippen LogP contribution in [0, 0.1) is 0 Å². The Balaban J connectivity index is 1.45. The largest absolute Gasteiger partial charge is 0.488 e. The number of rotatable bonds is 8. The highest BCUT2D eigenvalue weighted by atomic mass is 35.5. The Hall–Kier alpha value is -2.51. The molecule has 0 fully saturated rings. The number of nitrogens with zero attached hydrogens (tertiary/aromatic N) is 4. The summed E-state index contributed by atoms with van der Waals surface area (Å²) in [6.07, 6.45) is 3.27. The molecule has 5 nitrogen and oxygen atoms in total. The molecule has 32 heavy (non-hydrogen) atoms. The van der Waals surface area contributed by atoms with Crippen molar-refractivity contribution in [3.05, 3.63) is 105 Å². The van der Waals surface area contributed by atoms with E-state index in [-0.39, 0.29) is 0 Å². The van der Waals surface area contributed by atoms with E-state index in [4.69, 9.17) is 39.5 Å². The molecule has 0 aliphatic heterocycles. The van der Waals surface area contributed by atoms with E-state index in [0.717, 1.165) is 21.7 Å². The summed E-state index contributed by atoms with van der Waals surface area (Å²) in [5.74, 6) is 1.34. The summed E-state index contributed by atoms with van der Waals surface area (Å²) in [6, 6.07) is 20.7. The summed E-state index contributed by atoms with van der Waals surface area (Å²) in [5.41, 5.74) is 2.69. The molecular formula is C23H17Cl3N4OS. The van der Waals surface area contributed by atoms with Gasteiger partial charge in [0.25, 0.3) is 0 Å². The molecule has 0 saturated heterocycles. The van der Waals surface area contributed by atoms with Gasteiger partial charge < -0.3 is 4.74 Å². The summed E-state index contributed by atoms with van der Waals surface area (Å²) in [6.45, 7) is 0.312. The second kappa shape index (κ2) is 10.9. The zero-order chi connectivity index (χ0) is 22.3. The Labute approximate surface area is 205 Å². The lowest BCUT2D eigenvalue weighted by atomic mass is 10.2. The molecule has 0 aliphatic carbocycles. The number of para-hydroxylation sites is 1. The Kier molecular flexibility index (Phi) is 7.71. The minimum Gasteiger partial charge on any atom is -0.488 e. The average Bonchev–Trinajstić information content (AvgIpc) is 3.24. The number of benzene rings is 3. The fraction of sp³-hybridized carbons (Fsp3) is 0.0870. The van der Waals surface area contributed by atoms with Crippen LogP contribution in [-0.2, 0) is 12.4 Å². The first-order chi connectivity index (χ1) is 15.6. The summed E-state index contributed by atoms with van der Waals surface area (Å²) in [4.78, 5) is 0. The van der Waals surface area contributed by atoms with E-state index in [1.807, 2.05) is 54.6 Å². The standard InChI is InChI=1S/C23H17Cl3N4OS/c24-19-10-9-17(21(26)11-19)13-31-22-8-4-2-5-16(22)12-28-30-15-27-29-23(30)32-14-18-6-1-3-7-20(18)25/h1-12,15H,13-14H2/b28-12+. The second-order valence-electron chi connectivity index (χ2n) is 6.64. The zero-order valence-electron chi connectivity index (χ0n) is 16.7. The van der Waals surface area contributed by atoms with Crippen molar-refractivity contribution in [1.82, 2.24) is 14.9 Å². The van der Waals surface area contributed by atoms with Gasteiger partial charge in [-0.05, 0) is 35.9 Å². The van der Waals surface area contributed by atoms with Crippen molar-refractivity contribution < 1.29 is 4.74 Å². The molecule has 0 amide bonds. The van der Waals surface area contributed by atoms with E-state index >= 15 is 0 Å². The van der Waals surface area contributed by atoms with E-state index < -0.39 is 0 Å². The van der Waals surface area contributed by atoms with Crippen LogP contribution in [0.3, 0.4) is 0 Å². The number of halogens is 3. The SMILES string of the molecule is Clc1ccc(COc2ccccc2/C=N/n2cnnc2SCc2ccccc2Cl)c(Cl)c1. The zero-order valence-corrected chi connectivity index (χ0v) is 19.7. The van der Waals surface area contributed by atoms with Crippen LogP contribution >= 0.6 is 46.6 Å². The van der Waals surface area contributed by atoms with Gasteiger partial charge in [0.15, 0.2) is 0 Å². The normalized spacial score (nSPS) is 11.2. The van der Waals surface area contributed by atoms with Crippen LogP contribution in [0.2, 0.25) is 15.1 Å². The molecule has 0 radical (unpaired) electrons. The van der Waals surface area contributed by atoms with Gasteiger partial charge in [0.1, 0.15) is 18.7 Å². The number of thioether (sulfide) groups is 1. The monoisotopic (exact) mass is 502 g/mol. The van der Waals surface area contributed by atoms with Gasteiger partial charge in [-0.1, -0.05) is 83.0 Å². The topological polar surface area (TPSA) is 52.3 Å². The van der Waals surface area contributed by atoms with Crippen LogP contribution < -0.4 is 4.74 Å². The molecule has 1 aromatic heterocycles. The molecule has 162 valence electrons. The fourth-order valence-electron chi connectivity index (χ4n) is 2.79. The van der Waals surface area contributed by atoms with Gasteiger partial charge in [-0.2, -0.15) is 9.78 Å². The van der Waals surface area contributed by atoms with Crippen LogP contribution in [0.15, 0.2) is 83.3 Å². The van der Waals surface area contributed by atoms with Crippen LogP contribution in [0.25, 0.3) is 0 Å². The lowest BCUT2D eigenvalue weighted by molar-refractivity contribution is 0.306. The summed E-state index contributed by atoms with van der Waals surface area (Å²) >= 11 is 20.0. The molecule has 0 spiro atoms. The maximum absolute atomic E-state index is 6.25. The molecule has 0 N–H and O–H groups in total. The molecular weight excluding hydrogens is 487 g/mol. The highest BCUT2D eigenvalue weighted by Crippen LogP contribution is 2.26. The van der Waals surface area contributed by atoms with Gasteiger partial charge in [-0.25, -0.2) is 0 Å². The van der Waals surface area contributed by atoms with Gasteiger partial charge in [-0.15, -0.1) is 10.2 Å². The van der Waals surface area contributed by atoms with Crippen LogP contribution in [0.1, 0.15) is 16.7 Å². The van der Waals surface area contributed by atoms with Crippen molar-refractivity contribution in [3.8, 4) is 5.75 Å². The number of aromatic nitrogens is 3.